The minimum atomic E-state index is -0.832. The highest BCUT2D eigenvalue weighted by Gasteiger charge is 2.52. The van der Waals surface area contributed by atoms with Crippen molar-refractivity contribution in [3.05, 3.63) is 35.4 Å². The lowest BCUT2D eigenvalue weighted by Crippen LogP contribution is -2.27. The van der Waals surface area contributed by atoms with Gasteiger partial charge in [-0.15, -0.1) is 0 Å². The second-order valence-electron chi connectivity index (χ2n) is 9.23. The summed E-state index contributed by atoms with van der Waals surface area (Å²) in [7, 11) is 0. The first-order chi connectivity index (χ1) is 14.4. The van der Waals surface area contributed by atoms with Gasteiger partial charge in [-0.05, 0) is 61.5 Å². The van der Waals surface area contributed by atoms with Crippen molar-refractivity contribution >= 4 is 34.7 Å². The first-order valence-corrected chi connectivity index (χ1v) is 10.7. The number of carbonyl (C=O) groups is 6. The Labute approximate surface area is 173 Å². The van der Waals surface area contributed by atoms with Crippen LogP contribution in [-0.4, -0.2) is 34.7 Å². The molecular weight excluding hydrogens is 384 g/mol. The van der Waals surface area contributed by atoms with E-state index in [-0.39, 0.29) is 11.8 Å². The number of ketones is 6. The quantitative estimate of drug-likeness (QED) is 0.697. The van der Waals surface area contributed by atoms with E-state index in [1.54, 1.807) is 0 Å². The third-order valence-corrected chi connectivity index (χ3v) is 7.80. The summed E-state index contributed by atoms with van der Waals surface area (Å²) < 4.78 is 0. The molecule has 6 nitrogen and oxygen atoms in total. The van der Waals surface area contributed by atoms with Crippen molar-refractivity contribution in [2.24, 2.45) is 23.7 Å². The summed E-state index contributed by atoms with van der Waals surface area (Å²) in [6.45, 7) is 0. The summed E-state index contributed by atoms with van der Waals surface area (Å²) in [5, 5.41) is 0. The molecule has 0 saturated heterocycles. The monoisotopic (exact) mass is 406 g/mol. The summed E-state index contributed by atoms with van der Waals surface area (Å²) in [6, 6.07) is 8.08. The van der Waals surface area contributed by atoms with Crippen LogP contribution in [0.25, 0.3) is 0 Å². The van der Waals surface area contributed by atoms with Crippen LogP contribution in [0.5, 0.6) is 0 Å². The molecule has 1 aromatic carbocycles. The minimum absolute atomic E-state index is 0.112. The van der Waals surface area contributed by atoms with Gasteiger partial charge in [0, 0.05) is 23.7 Å². The maximum absolute atomic E-state index is 12.2. The van der Waals surface area contributed by atoms with E-state index in [1.165, 1.54) is 0 Å². The van der Waals surface area contributed by atoms with Crippen LogP contribution in [0.3, 0.4) is 0 Å². The molecule has 0 amide bonds. The Morgan fingerprint density at radius 3 is 1.37 bits per heavy atom. The topological polar surface area (TPSA) is 102 Å². The Balaban J connectivity index is 1.34. The second-order valence-corrected chi connectivity index (χ2v) is 9.23. The highest BCUT2D eigenvalue weighted by atomic mass is 16.2. The lowest BCUT2D eigenvalue weighted by Gasteiger charge is -2.32. The minimum Gasteiger partial charge on any atom is -0.290 e. The number of Topliss-reactive ketones (excluding diaryl/α,β-unsaturated/α-hetero) is 6. The maximum atomic E-state index is 12.2. The summed E-state index contributed by atoms with van der Waals surface area (Å²) in [5.41, 5.74) is 2.16. The van der Waals surface area contributed by atoms with Gasteiger partial charge in [0.2, 0.25) is 23.1 Å². The fourth-order valence-electron chi connectivity index (χ4n) is 6.14. The van der Waals surface area contributed by atoms with Crippen LogP contribution >= 0.6 is 0 Å². The van der Waals surface area contributed by atoms with Crippen molar-refractivity contribution in [3.63, 3.8) is 0 Å². The van der Waals surface area contributed by atoms with Crippen LogP contribution in [0, 0.1) is 23.7 Å². The number of carbonyl (C=O) groups excluding carboxylic acids is 6. The van der Waals surface area contributed by atoms with E-state index in [2.05, 4.69) is 6.07 Å². The van der Waals surface area contributed by atoms with Gasteiger partial charge in [0.05, 0.1) is 0 Å². The van der Waals surface area contributed by atoms with Crippen molar-refractivity contribution < 1.29 is 28.8 Å². The molecule has 1 aromatic rings. The molecule has 0 heterocycles. The Morgan fingerprint density at radius 2 is 0.933 bits per heavy atom. The van der Waals surface area contributed by atoms with Gasteiger partial charge in [-0.3, -0.25) is 28.8 Å². The zero-order valence-corrected chi connectivity index (χ0v) is 16.5. The Bertz CT molecular complexity index is 943. The Hall–Kier alpha value is -2.76. The van der Waals surface area contributed by atoms with E-state index >= 15 is 0 Å². The first-order valence-electron chi connectivity index (χ1n) is 10.7. The molecule has 6 unspecified atom stereocenters. The lowest BCUT2D eigenvalue weighted by atomic mass is 9.71. The normalized spacial score (nSPS) is 36.3. The number of hydrogen-bond donors (Lipinski definition) is 0. The van der Waals surface area contributed by atoms with Crippen LogP contribution in [-0.2, 0) is 28.8 Å². The molecule has 0 aromatic heterocycles. The highest BCUT2D eigenvalue weighted by molar-refractivity contribution is 6.68. The van der Waals surface area contributed by atoms with E-state index in [0.29, 0.717) is 25.7 Å². The van der Waals surface area contributed by atoms with Crippen LogP contribution in [0.4, 0.5) is 0 Å². The maximum Gasteiger partial charge on any atom is 0.264 e. The van der Waals surface area contributed by atoms with Crippen molar-refractivity contribution in [1.29, 1.82) is 0 Å². The smallest absolute Gasteiger partial charge is 0.264 e. The van der Waals surface area contributed by atoms with Crippen molar-refractivity contribution in [1.82, 2.24) is 0 Å². The summed E-state index contributed by atoms with van der Waals surface area (Å²) in [4.78, 5) is 71.8. The average molecular weight is 406 g/mol. The van der Waals surface area contributed by atoms with E-state index in [0.717, 1.165) is 24.0 Å². The van der Waals surface area contributed by atoms with Crippen LogP contribution in [0.15, 0.2) is 24.3 Å². The van der Waals surface area contributed by atoms with E-state index in [4.69, 9.17) is 0 Å². The third-order valence-electron chi connectivity index (χ3n) is 7.80. The van der Waals surface area contributed by atoms with Gasteiger partial charge in [0.25, 0.3) is 11.6 Å². The number of hydrogen-bond acceptors (Lipinski definition) is 6. The second kappa shape index (κ2) is 6.89. The Kier molecular flexibility index (Phi) is 4.42. The SMILES string of the molecule is O=C1C(=O)C2CCC(c3cccc(C4CCC5C(=O)C(=O)C(=O)C5C4)c3)CC2C1=O. The van der Waals surface area contributed by atoms with Crippen LogP contribution in [0.1, 0.15) is 61.5 Å². The van der Waals surface area contributed by atoms with Crippen molar-refractivity contribution in [2.45, 2.75) is 50.4 Å². The molecule has 0 radical (unpaired) electrons. The number of benzene rings is 1. The standard InChI is InChI=1S/C24H22O6/c25-19-15-6-4-13(9-17(15)21(27)23(19)29)11-2-1-3-12(8-11)14-5-7-16-18(10-14)22(28)24(30)20(16)26/h1-3,8,13-18H,4-7,9-10H2. The number of rotatable bonds is 2. The fraction of sp³-hybridized carbons (Fsp3) is 0.500. The fourth-order valence-corrected chi connectivity index (χ4v) is 6.14. The largest absolute Gasteiger partial charge is 0.290 e. The van der Waals surface area contributed by atoms with Gasteiger partial charge < -0.3 is 0 Å². The molecule has 6 heteroatoms. The zero-order valence-electron chi connectivity index (χ0n) is 16.5. The Morgan fingerprint density at radius 1 is 0.533 bits per heavy atom. The van der Waals surface area contributed by atoms with Gasteiger partial charge in [-0.1, -0.05) is 24.3 Å². The molecule has 6 atom stereocenters. The molecule has 4 aliphatic carbocycles. The van der Waals surface area contributed by atoms with E-state index in [1.807, 2.05) is 18.2 Å². The molecule has 0 bridgehead atoms. The predicted octanol–water partition coefficient (Wildman–Crippen LogP) is 2.13. The van der Waals surface area contributed by atoms with Crippen LogP contribution in [0.2, 0.25) is 0 Å². The molecule has 4 saturated carbocycles. The molecule has 0 aliphatic heterocycles. The van der Waals surface area contributed by atoms with Crippen LogP contribution < -0.4 is 0 Å². The van der Waals surface area contributed by atoms with Gasteiger partial charge in [0.1, 0.15) is 0 Å². The summed E-state index contributed by atoms with van der Waals surface area (Å²) >= 11 is 0. The molecule has 30 heavy (non-hydrogen) atoms. The first kappa shape index (κ1) is 19.2. The summed E-state index contributed by atoms with van der Waals surface area (Å²) in [6.07, 6.45) is 3.66. The molecule has 4 aliphatic rings. The zero-order chi connectivity index (χ0) is 21.2. The molecule has 0 spiro atoms. The molecule has 0 N–H and O–H groups in total. The van der Waals surface area contributed by atoms with Crippen molar-refractivity contribution in [3.8, 4) is 0 Å². The molecule has 4 fully saturated rings. The summed E-state index contributed by atoms with van der Waals surface area (Å²) in [5.74, 6) is -5.39. The molecular formula is C24H22O6. The van der Waals surface area contributed by atoms with Gasteiger partial charge in [-0.25, -0.2) is 0 Å². The van der Waals surface area contributed by atoms with E-state index in [9.17, 15) is 28.8 Å². The molecule has 5 rings (SSSR count). The predicted molar refractivity (Wildman–Crippen MR) is 104 cm³/mol. The van der Waals surface area contributed by atoms with Gasteiger partial charge >= 0.3 is 0 Å². The third kappa shape index (κ3) is 2.76. The lowest BCUT2D eigenvalue weighted by molar-refractivity contribution is -0.141. The van der Waals surface area contributed by atoms with Crippen molar-refractivity contribution in [2.75, 3.05) is 0 Å². The van der Waals surface area contributed by atoms with E-state index < -0.39 is 58.4 Å². The van der Waals surface area contributed by atoms with Gasteiger partial charge in [0.15, 0.2) is 0 Å². The van der Waals surface area contributed by atoms with Gasteiger partial charge in [-0.2, -0.15) is 0 Å². The average Bonchev–Trinajstić information content (AvgIpc) is 3.13. The number of fused-ring (bicyclic) bond motifs is 2. The molecule has 154 valence electrons. The highest BCUT2D eigenvalue weighted by Crippen LogP contribution is 2.46.